The maximum Gasteiger partial charge on any atom is 0.268 e. The van der Waals surface area contributed by atoms with Crippen molar-refractivity contribution in [2.45, 2.75) is 25.4 Å². The Bertz CT molecular complexity index is 742. The summed E-state index contributed by atoms with van der Waals surface area (Å²) in [6, 6.07) is 10.6. The van der Waals surface area contributed by atoms with Crippen molar-refractivity contribution in [3.63, 3.8) is 0 Å². The van der Waals surface area contributed by atoms with Gasteiger partial charge in [0.1, 0.15) is 11.9 Å². The van der Waals surface area contributed by atoms with Crippen LogP contribution in [0.2, 0.25) is 0 Å². The second-order valence-corrected chi connectivity index (χ2v) is 5.86. The zero-order valence-corrected chi connectivity index (χ0v) is 12.7. The van der Waals surface area contributed by atoms with Gasteiger partial charge in [-0.25, -0.2) is 13.2 Å². The number of carbonyl (C=O) groups is 1. The maximum absolute atomic E-state index is 13.9. The van der Waals surface area contributed by atoms with E-state index in [0.29, 0.717) is 16.8 Å². The standard InChI is InChI=1S/C18H16F3NO2/c19-15-9-12(5-8-14(15)16(23)17(20)21)10-3-6-13(7-4-10)22-18(24)11-1-2-11/h3-9,11,16-17,23H,1-2H2,(H,22,24). The molecule has 0 saturated heterocycles. The van der Waals surface area contributed by atoms with Gasteiger partial charge in [-0.3, -0.25) is 4.79 Å². The normalized spacial score (nSPS) is 15.4. The predicted octanol–water partition coefficient (Wildman–Crippen LogP) is 4.14. The first-order chi connectivity index (χ1) is 11.5. The third-order valence-electron chi connectivity index (χ3n) is 3.99. The molecule has 1 amide bonds. The molecule has 126 valence electrons. The van der Waals surface area contributed by atoms with E-state index in [1.165, 1.54) is 6.07 Å². The van der Waals surface area contributed by atoms with Crippen LogP contribution in [0.4, 0.5) is 18.9 Å². The van der Waals surface area contributed by atoms with Crippen molar-refractivity contribution in [1.29, 1.82) is 0 Å². The quantitative estimate of drug-likeness (QED) is 0.863. The number of rotatable bonds is 5. The molecule has 0 aliphatic heterocycles. The third kappa shape index (κ3) is 3.59. The fourth-order valence-electron chi connectivity index (χ4n) is 2.42. The van der Waals surface area contributed by atoms with Gasteiger partial charge in [0, 0.05) is 17.2 Å². The van der Waals surface area contributed by atoms with Crippen molar-refractivity contribution in [1.82, 2.24) is 0 Å². The Morgan fingerprint density at radius 2 is 1.71 bits per heavy atom. The number of aliphatic hydroxyl groups is 1. The topological polar surface area (TPSA) is 49.3 Å². The highest BCUT2D eigenvalue weighted by Gasteiger charge is 2.29. The van der Waals surface area contributed by atoms with Gasteiger partial charge in [0.25, 0.3) is 6.43 Å². The Labute approximate surface area is 137 Å². The zero-order valence-electron chi connectivity index (χ0n) is 12.7. The van der Waals surface area contributed by atoms with E-state index in [2.05, 4.69) is 5.32 Å². The lowest BCUT2D eigenvalue weighted by molar-refractivity contribution is -0.117. The molecular weight excluding hydrogens is 319 g/mol. The van der Waals surface area contributed by atoms with Crippen LogP contribution in [0.5, 0.6) is 0 Å². The van der Waals surface area contributed by atoms with Crippen LogP contribution >= 0.6 is 0 Å². The van der Waals surface area contributed by atoms with E-state index in [0.717, 1.165) is 25.0 Å². The van der Waals surface area contributed by atoms with Gasteiger partial charge in [-0.2, -0.15) is 0 Å². The number of alkyl halides is 2. The lowest BCUT2D eigenvalue weighted by Crippen LogP contribution is -2.13. The van der Waals surface area contributed by atoms with Crippen LogP contribution in [0.1, 0.15) is 24.5 Å². The van der Waals surface area contributed by atoms with Crippen LogP contribution in [0.25, 0.3) is 11.1 Å². The summed E-state index contributed by atoms with van der Waals surface area (Å²) in [7, 11) is 0. The summed E-state index contributed by atoms with van der Waals surface area (Å²) < 4.78 is 38.9. The molecular formula is C18H16F3NO2. The summed E-state index contributed by atoms with van der Waals surface area (Å²) in [5.74, 6) is -0.780. The molecule has 0 spiro atoms. The van der Waals surface area contributed by atoms with Crippen LogP contribution in [-0.4, -0.2) is 17.4 Å². The number of anilines is 1. The fourth-order valence-corrected chi connectivity index (χ4v) is 2.42. The molecule has 24 heavy (non-hydrogen) atoms. The van der Waals surface area contributed by atoms with Crippen molar-refractivity contribution >= 4 is 11.6 Å². The average Bonchev–Trinajstić information content (AvgIpc) is 3.39. The average molecular weight is 335 g/mol. The highest BCUT2D eigenvalue weighted by atomic mass is 19.3. The molecule has 1 fully saturated rings. The Kier molecular flexibility index (Phi) is 4.57. The smallest absolute Gasteiger partial charge is 0.268 e. The molecule has 6 heteroatoms. The lowest BCUT2D eigenvalue weighted by atomic mass is 10.0. The van der Waals surface area contributed by atoms with Gasteiger partial charge in [0.15, 0.2) is 0 Å². The van der Waals surface area contributed by atoms with Crippen molar-refractivity contribution in [3.8, 4) is 11.1 Å². The molecule has 1 aliphatic carbocycles. The number of amides is 1. The molecule has 1 saturated carbocycles. The van der Waals surface area contributed by atoms with Crippen molar-refractivity contribution in [2.24, 2.45) is 5.92 Å². The SMILES string of the molecule is O=C(Nc1ccc(-c2ccc(C(O)C(F)F)c(F)c2)cc1)C1CC1. The van der Waals surface area contributed by atoms with Crippen molar-refractivity contribution < 1.29 is 23.1 Å². The lowest BCUT2D eigenvalue weighted by Gasteiger charge is -2.12. The molecule has 1 unspecified atom stereocenters. The Morgan fingerprint density at radius 1 is 1.08 bits per heavy atom. The minimum atomic E-state index is -3.04. The molecule has 1 aliphatic rings. The first-order valence-corrected chi connectivity index (χ1v) is 7.62. The van der Waals surface area contributed by atoms with Gasteiger partial charge in [-0.15, -0.1) is 0 Å². The number of carbonyl (C=O) groups excluding carboxylic acids is 1. The fraction of sp³-hybridized carbons (Fsp3) is 0.278. The second-order valence-electron chi connectivity index (χ2n) is 5.86. The van der Waals surface area contributed by atoms with Crippen LogP contribution in [-0.2, 0) is 4.79 Å². The number of hydrogen-bond donors (Lipinski definition) is 2. The molecule has 2 aromatic rings. The van der Waals surface area contributed by atoms with E-state index in [1.807, 2.05) is 0 Å². The number of benzene rings is 2. The second kappa shape index (κ2) is 6.65. The summed E-state index contributed by atoms with van der Waals surface area (Å²) in [6.45, 7) is 0. The summed E-state index contributed by atoms with van der Waals surface area (Å²) in [6.07, 6.45) is -3.35. The Balaban J connectivity index is 1.76. The summed E-state index contributed by atoms with van der Waals surface area (Å²) >= 11 is 0. The van der Waals surface area contributed by atoms with Crippen molar-refractivity contribution in [2.75, 3.05) is 5.32 Å². The first kappa shape index (κ1) is 16.5. The van der Waals surface area contributed by atoms with E-state index in [1.54, 1.807) is 24.3 Å². The van der Waals surface area contributed by atoms with Crippen molar-refractivity contribution in [3.05, 3.63) is 53.8 Å². The van der Waals surface area contributed by atoms with Gasteiger partial charge in [0.05, 0.1) is 0 Å². The summed E-state index contributed by atoms with van der Waals surface area (Å²) in [5.41, 5.74) is 1.40. The van der Waals surface area contributed by atoms with Crippen LogP contribution < -0.4 is 5.32 Å². The van der Waals surface area contributed by atoms with Crippen LogP contribution in [0.3, 0.4) is 0 Å². The summed E-state index contributed by atoms with van der Waals surface area (Å²) in [4.78, 5) is 11.7. The minimum absolute atomic E-state index is 0.000802. The number of nitrogens with one attached hydrogen (secondary N) is 1. The van der Waals surface area contributed by atoms with Gasteiger partial charge < -0.3 is 10.4 Å². The van der Waals surface area contributed by atoms with E-state index in [9.17, 15) is 23.1 Å². The van der Waals surface area contributed by atoms with Crippen LogP contribution in [0.15, 0.2) is 42.5 Å². The molecule has 2 N–H and O–H groups in total. The monoisotopic (exact) mass is 335 g/mol. The molecule has 0 heterocycles. The Hall–Kier alpha value is -2.34. The number of halogens is 3. The van der Waals surface area contributed by atoms with Gasteiger partial charge in [0.2, 0.25) is 5.91 Å². The summed E-state index contributed by atoms with van der Waals surface area (Å²) in [5, 5.41) is 12.1. The van der Waals surface area contributed by atoms with E-state index in [4.69, 9.17) is 0 Å². The molecule has 0 aromatic heterocycles. The van der Waals surface area contributed by atoms with Crippen LogP contribution in [0, 0.1) is 11.7 Å². The van der Waals surface area contributed by atoms with E-state index >= 15 is 0 Å². The van der Waals surface area contributed by atoms with Gasteiger partial charge in [-0.1, -0.05) is 24.3 Å². The highest BCUT2D eigenvalue weighted by molar-refractivity contribution is 5.94. The highest BCUT2D eigenvalue weighted by Crippen LogP contribution is 2.31. The number of aliphatic hydroxyl groups excluding tert-OH is 1. The van der Waals surface area contributed by atoms with E-state index < -0.39 is 23.9 Å². The molecule has 2 aromatic carbocycles. The minimum Gasteiger partial charge on any atom is -0.382 e. The zero-order chi connectivity index (χ0) is 17.3. The van der Waals surface area contributed by atoms with E-state index in [-0.39, 0.29) is 11.8 Å². The third-order valence-corrected chi connectivity index (χ3v) is 3.99. The molecule has 0 radical (unpaired) electrons. The predicted molar refractivity (Wildman–Crippen MR) is 84.2 cm³/mol. The molecule has 1 atom stereocenters. The molecule has 0 bridgehead atoms. The van der Waals surface area contributed by atoms with Gasteiger partial charge >= 0.3 is 0 Å². The first-order valence-electron chi connectivity index (χ1n) is 7.62. The number of hydrogen-bond acceptors (Lipinski definition) is 2. The Morgan fingerprint density at radius 3 is 2.25 bits per heavy atom. The molecule has 3 rings (SSSR count). The molecule has 3 nitrogen and oxygen atoms in total. The maximum atomic E-state index is 13.9. The van der Waals surface area contributed by atoms with Gasteiger partial charge in [-0.05, 0) is 42.2 Å². The largest absolute Gasteiger partial charge is 0.382 e.